The first-order valence-corrected chi connectivity index (χ1v) is 13.3. The molecule has 0 radical (unpaired) electrons. The van der Waals surface area contributed by atoms with E-state index in [2.05, 4.69) is 4.74 Å². The molecule has 1 aliphatic carbocycles. The van der Waals surface area contributed by atoms with Crippen molar-refractivity contribution in [2.75, 3.05) is 7.11 Å². The van der Waals surface area contributed by atoms with Crippen molar-refractivity contribution >= 4 is 17.8 Å². The molecule has 4 rings (SSSR count). The molecule has 3 N–H and O–H groups in total. The molecule has 0 spiro atoms. The zero-order valence-corrected chi connectivity index (χ0v) is 24.1. The Hall–Kier alpha value is -4.18. The third kappa shape index (κ3) is 8.66. The summed E-state index contributed by atoms with van der Waals surface area (Å²) in [5.74, 6) is -2.67. The lowest BCUT2D eigenvalue weighted by atomic mass is 9.76. The maximum Gasteiger partial charge on any atom is 0.309 e. The minimum absolute atomic E-state index is 0.121. The number of rotatable bonds is 6. The van der Waals surface area contributed by atoms with Crippen LogP contribution in [0.2, 0.25) is 0 Å². The normalized spacial score (nSPS) is 13.1. The van der Waals surface area contributed by atoms with Gasteiger partial charge in [-0.2, -0.15) is 0 Å². The van der Waals surface area contributed by atoms with Crippen molar-refractivity contribution in [3.05, 3.63) is 105 Å². The molecule has 0 aliphatic heterocycles. The van der Waals surface area contributed by atoms with E-state index in [9.17, 15) is 27.6 Å². The number of carbonyl (C=O) groups is 3. The summed E-state index contributed by atoms with van der Waals surface area (Å²) >= 11 is 0. The number of nitrogens with one attached hydrogen (secondary N) is 1. The summed E-state index contributed by atoms with van der Waals surface area (Å²) in [6.45, 7) is 4.90. The maximum atomic E-state index is 13.6. The second-order valence-corrected chi connectivity index (χ2v) is 10.0. The number of halogens is 3. The van der Waals surface area contributed by atoms with Gasteiger partial charge in [-0.15, -0.1) is 0 Å². The summed E-state index contributed by atoms with van der Waals surface area (Å²) in [5.41, 5.74) is 4.29. The number of carbonyl (C=O) groups excluding carboxylic acids is 2. The Kier molecular flexibility index (Phi) is 12.7. The summed E-state index contributed by atoms with van der Waals surface area (Å²) in [6.07, 6.45) is 3.16. The van der Waals surface area contributed by atoms with Crippen LogP contribution >= 0.6 is 0 Å². The van der Waals surface area contributed by atoms with E-state index < -0.39 is 17.3 Å². The predicted octanol–water partition coefficient (Wildman–Crippen LogP) is 6.06. The molecule has 1 amide bonds. The fourth-order valence-corrected chi connectivity index (χ4v) is 4.91. The lowest BCUT2D eigenvalue weighted by Gasteiger charge is -2.28. The van der Waals surface area contributed by atoms with Crippen LogP contribution in [0.1, 0.15) is 59.1 Å². The van der Waals surface area contributed by atoms with E-state index in [1.807, 2.05) is 0 Å². The van der Waals surface area contributed by atoms with Crippen LogP contribution in [0.3, 0.4) is 0 Å². The van der Waals surface area contributed by atoms with E-state index in [1.54, 1.807) is 56.6 Å². The maximum absolute atomic E-state index is 13.6. The molecule has 0 heterocycles. The highest BCUT2D eigenvalue weighted by Crippen LogP contribution is 2.43. The van der Waals surface area contributed by atoms with Crippen molar-refractivity contribution in [2.24, 2.45) is 0 Å². The van der Waals surface area contributed by atoms with Crippen molar-refractivity contribution in [3.8, 4) is 0 Å². The molecule has 3 aromatic rings. The zero-order valence-electron chi connectivity index (χ0n) is 24.1. The topological polar surface area (TPSA) is 113 Å². The van der Waals surface area contributed by atoms with Crippen LogP contribution in [0.25, 0.3) is 0 Å². The lowest BCUT2D eigenvalue weighted by Crippen LogP contribution is -2.41. The van der Waals surface area contributed by atoms with Gasteiger partial charge in [0.05, 0.1) is 25.4 Å². The van der Waals surface area contributed by atoms with Gasteiger partial charge in [-0.25, -0.2) is 18.7 Å². The molecule has 0 bridgehead atoms. The highest BCUT2D eigenvalue weighted by atomic mass is 19.1. The van der Waals surface area contributed by atoms with Crippen molar-refractivity contribution in [3.63, 3.8) is 0 Å². The fraction of sp³-hybridized carbons (Fsp3) is 0.344. The molecule has 1 fully saturated rings. The number of ether oxygens (including phenoxy) is 1. The number of hydrogen-bond acceptors (Lipinski definition) is 5. The number of benzene rings is 3. The van der Waals surface area contributed by atoms with Crippen molar-refractivity contribution in [2.45, 2.75) is 64.7 Å². The molecule has 226 valence electrons. The number of aliphatic carboxylic acids is 1. The molecule has 1 saturated carbocycles. The Labute approximate surface area is 243 Å². The molecule has 0 unspecified atom stereocenters. The number of esters is 1. The molecule has 42 heavy (non-hydrogen) atoms. The molecule has 10 heteroatoms. The molecule has 0 saturated heterocycles. The summed E-state index contributed by atoms with van der Waals surface area (Å²) < 4.78 is 43.9. The van der Waals surface area contributed by atoms with Gasteiger partial charge < -0.3 is 9.84 Å². The van der Waals surface area contributed by atoms with Gasteiger partial charge in [-0.05, 0) is 85.2 Å². The predicted molar refractivity (Wildman–Crippen MR) is 151 cm³/mol. The summed E-state index contributed by atoms with van der Waals surface area (Å²) in [6, 6.07) is 13.9. The molecule has 3 aromatic carbocycles. The van der Waals surface area contributed by atoms with Gasteiger partial charge in [-0.1, -0.05) is 49.2 Å². The quantitative estimate of drug-likeness (QED) is 0.184. The van der Waals surface area contributed by atoms with Crippen LogP contribution in [-0.2, 0) is 37.4 Å². The average Bonchev–Trinajstić information content (AvgIpc) is 3.46. The monoisotopic (exact) mass is 587 g/mol. The lowest BCUT2D eigenvalue weighted by molar-refractivity contribution is -0.140. The first-order chi connectivity index (χ1) is 19.9. The fourth-order valence-electron chi connectivity index (χ4n) is 4.91. The smallest absolute Gasteiger partial charge is 0.309 e. The number of carboxylic acid groups (broad SMARTS) is 1. The molecule has 0 atom stereocenters. The van der Waals surface area contributed by atoms with E-state index in [-0.39, 0.29) is 36.3 Å². The zero-order chi connectivity index (χ0) is 31.4. The average molecular weight is 588 g/mol. The summed E-state index contributed by atoms with van der Waals surface area (Å²) in [4.78, 5) is 33.1. The van der Waals surface area contributed by atoms with Crippen molar-refractivity contribution in [1.82, 2.24) is 5.48 Å². The Bertz CT molecular complexity index is 1400. The van der Waals surface area contributed by atoms with Crippen LogP contribution in [0.5, 0.6) is 0 Å². The number of hydrogen-bond donors (Lipinski definition) is 3. The van der Waals surface area contributed by atoms with E-state index >= 15 is 0 Å². The van der Waals surface area contributed by atoms with E-state index in [1.165, 1.54) is 31.4 Å². The highest BCUT2D eigenvalue weighted by Gasteiger charge is 2.43. The van der Waals surface area contributed by atoms with Gasteiger partial charge in [0, 0.05) is 0 Å². The Morgan fingerprint density at radius 1 is 0.786 bits per heavy atom. The van der Waals surface area contributed by atoms with E-state index in [0.717, 1.165) is 12.8 Å². The van der Waals surface area contributed by atoms with Crippen LogP contribution in [-0.4, -0.2) is 35.3 Å². The van der Waals surface area contributed by atoms with Gasteiger partial charge in [-0.3, -0.25) is 19.6 Å². The summed E-state index contributed by atoms with van der Waals surface area (Å²) in [5, 5.41) is 17.3. The SMILES string of the molecule is COC(=O)Cc1cccc(F)c1C.Cc1c(F)cccc1C1(C(=O)NO)CCCC1.Cc1c(F)cccc1CC(=O)O. The van der Waals surface area contributed by atoms with Crippen LogP contribution in [0.4, 0.5) is 13.2 Å². The number of methoxy groups -OCH3 is 1. The summed E-state index contributed by atoms with van der Waals surface area (Å²) in [7, 11) is 1.32. The van der Waals surface area contributed by atoms with Gasteiger partial charge in [0.25, 0.3) is 5.91 Å². The highest BCUT2D eigenvalue weighted by molar-refractivity contribution is 5.88. The number of hydroxylamine groups is 1. The third-order valence-corrected chi connectivity index (χ3v) is 7.44. The van der Waals surface area contributed by atoms with Crippen LogP contribution in [0, 0.1) is 38.2 Å². The van der Waals surface area contributed by atoms with Gasteiger partial charge >= 0.3 is 11.9 Å². The van der Waals surface area contributed by atoms with Crippen molar-refractivity contribution < 1.29 is 42.6 Å². The number of amides is 1. The van der Waals surface area contributed by atoms with Gasteiger partial charge in [0.15, 0.2) is 0 Å². The number of carboxylic acids is 1. The van der Waals surface area contributed by atoms with E-state index in [4.69, 9.17) is 10.3 Å². The molecular weight excluding hydrogens is 551 g/mol. The van der Waals surface area contributed by atoms with Crippen LogP contribution in [0.15, 0.2) is 54.6 Å². The first-order valence-electron chi connectivity index (χ1n) is 13.3. The Morgan fingerprint density at radius 2 is 1.24 bits per heavy atom. The van der Waals surface area contributed by atoms with Gasteiger partial charge in [0.1, 0.15) is 17.5 Å². The third-order valence-electron chi connectivity index (χ3n) is 7.44. The van der Waals surface area contributed by atoms with Crippen LogP contribution < -0.4 is 5.48 Å². The second kappa shape index (κ2) is 15.7. The first kappa shape index (κ1) is 34.0. The Morgan fingerprint density at radius 3 is 1.69 bits per heavy atom. The minimum Gasteiger partial charge on any atom is -0.481 e. The largest absolute Gasteiger partial charge is 0.481 e. The Balaban J connectivity index is 0.000000225. The van der Waals surface area contributed by atoms with Gasteiger partial charge in [0.2, 0.25) is 0 Å². The second-order valence-electron chi connectivity index (χ2n) is 10.0. The molecular formula is C32H36F3NO6. The minimum atomic E-state index is -0.941. The molecule has 0 aromatic heterocycles. The standard InChI is InChI=1S/C13H16FNO2.C10H11FO2.C9H9FO2/c1-9-10(5-4-6-11(9)14)13(12(16)15-17)7-2-3-8-13;1-7-8(6-10(12)13-2)4-3-5-9(7)11;1-6-7(5-9(11)12)3-2-4-8(6)10/h4-6,17H,2-3,7-8H2,1H3,(H,15,16);3-5H,6H2,1-2H3;2-4H,5H2,1H3,(H,11,12). The molecule has 1 aliphatic rings. The van der Waals surface area contributed by atoms with Crippen molar-refractivity contribution in [1.29, 1.82) is 0 Å². The van der Waals surface area contributed by atoms with E-state index in [0.29, 0.717) is 46.2 Å². The molecule has 7 nitrogen and oxygen atoms in total.